The molecule has 0 saturated carbocycles. The van der Waals surface area contributed by atoms with Crippen LogP contribution >= 0.6 is 27.5 Å². The van der Waals surface area contributed by atoms with Crippen molar-refractivity contribution in [3.8, 4) is 5.75 Å². The van der Waals surface area contributed by atoms with Crippen LogP contribution in [0.15, 0.2) is 47.1 Å². The van der Waals surface area contributed by atoms with Crippen LogP contribution in [0.4, 0.5) is 0 Å². The second-order valence-electron chi connectivity index (χ2n) is 3.77. The van der Waals surface area contributed by atoms with Gasteiger partial charge in [-0.2, -0.15) is 0 Å². The Kier molecular flexibility index (Phi) is 4.35. The van der Waals surface area contributed by atoms with E-state index >= 15 is 0 Å². The Morgan fingerprint density at radius 2 is 2.00 bits per heavy atom. The number of hydrogen-bond donors (Lipinski definition) is 1. The standard InChI is InChI=1S/C14H9BrClNO2/c15-10-4-1-9(2-5-10)3-6-12(18)14-13(19)7-11(16)8-17-14/h1-8,19H. The molecule has 5 heteroatoms. The molecule has 0 unspecified atom stereocenters. The third-order valence-electron chi connectivity index (χ3n) is 2.36. The molecule has 1 aromatic carbocycles. The van der Waals surface area contributed by atoms with Crippen LogP contribution in [0.25, 0.3) is 6.08 Å². The number of aromatic nitrogens is 1. The van der Waals surface area contributed by atoms with Gasteiger partial charge >= 0.3 is 0 Å². The second kappa shape index (κ2) is 5.99. The Morgan fingerprint density at radius 3 is 2.63 bits per heavy atom. The first kappa shape index (κ1) is 13.8. The largest absolute Gasteiger partial charge is 0.505 e. The number of benzene rings is 1. The molecule has 0 bridgehead atoms. The zero-order valence-electron chi connectivity index (χ0n) is 9.68. The lowest BCUT2D eigenvalue weighted by molar-refractivity contribution is 0.104. The van der Waals surface area contributed by atoms with Crippen molar-refractivity contribution in [1.29, 1.82) is 0 Å². The van der Waals surface area contributed by atoms with Crippen LogP contribution in [-0.2, 0) is 0 Å². The first-order chi connectivity index (χ1) is 9.06. The zero-order valence-corrected chi connectivity index (χ0v) is 12.0. The van der Waals surface area contributed by atoms with E-state index in [-0.39, 0.29) is 22.2 Å². The van der Waals surface area contributed by atoms with Gasteiger partial charge in [0.2, 0.25) is 5.78 Å². The van der Waals surface area contributed by atoms with Gasteiger partial charge in [-0.05, 0) is 23.8 Å². The van der Waals surface area contributed by atoms with Crippen LogP contribution in [0.2, 0.25) is 5.02 Å². The molecule has 0 fully saturated rings. The molecule has 0 spiro atoms. The summed E-state index contributed by atoms with van der Waals surface area (Å²) in [7, 11) is 0. The number of pyridine rings is 1. The Labute approximate surface area is 123 Å². The summed E-state index contributed by atoms with van der Waals surface area (Å²) in [6.07, 6.45) is 4.34. The highest BCUT2D eigenvalue weighted by Gasteiger charge is 2.10. The first-order valence-corrected chi connectivity index (χ1v) is 6.56. The summed E-state index contributed by atoms with van der Waals surface area (Å²) in [5, 5.41) is 9.87. The van der Waals surface area contributed by atoms with E-state index in [9.17, 15) is 9.90 Å². The lowest BCUT2D eigenvalue weighted by Gasteiger charge is -1.99. The molecule has 0 aliphatic heterocycles. The molecule has 1 aromatic heterocycles. The predicted molar refractivity (Wildman–Crippen MR) is 78.4 cm³/mol. The van der Waals surface area contributed by atoms with E-state index in [4.69, 9.17) is 11.6 Å². The summed E-state index contributed by atoms with van der Waals surface area (Å²) in [6.45, 7) is 0. The molecule has 0 aliphatic rings. The number of hydrogen-bond acceptors (Lipinski definition) is 3. The van der Waals surface area contributed by atoms with Gasteiger partial charge in [0, 0.05) is 16.7 Å². The molecular formula is C14H9BrClNO2. The van der Waals surface area contributed by atoms with Crippen molar-refractivity contribution in [2.45, 2.75) is 0 Å². The third kappa shape index (κ3) is 3.66. The summed E-state index contributed by atoms with van der Waals surface area (Å²) < 4.78 is 0.966. The Hall–Kier alpha value is -1.65. The predicted octanol–water partition coefficient (Wildman–Crippen LogP) is 4.10. The highest BCUT2D eigenvalue weighted by Crippen LogP contribution is 2.20. The molecule has 0 radical (unpaired) electrons. The SMILES string of the molecule is O=C(C=Cc1ccc(Br)cc1)c1ncc(Cl)cc1O. The second-order valence-corrected chi connectivity index (χ2v) is 5.12. The average molecular weight is 339 g/mol. The van der Waals surface area contributed by atoms with Gasteiger partial charge in [-0.3, -0.25) is 4.79 Å². The molecule has 96 valence electrons. The first-order valence-electron chi connectivity index (χ1n) is 5.39. The maximum Gasteiger partial charge on any atom is 0.207 e. The van der Waals surface area contributed by atoms with Crippen molar-refractivity contribution in [2.24, 2.45) is 0 Å². The minimum Gasteiger partial charge on any atom is -0.505 e. The average Bonchev–Trinajstić information content (AvgIpc) is 2.37. The van der Waals surface area contributed by atoms with Crippen LogP contribution in [-0.4, -0.2) is 15.9 Å². The van der Waals surface area contributed by atoms with Gasteiger partial charge in [0.25, 0.3) is 0 Å². The lowest BCUT2D eigenvalue weighted by atomic mass is 10.1. The van der Waals surface area contributed by atoms with Crippen molar-refractivity contribution in [3.05, 3.63) is 63.4 Å². The number of carbonyl (C=O) groups excluding carboxylic acids is 1. The fraction of sp³-hybridized carbons (Fsp3) is 0. The van der Waals surface area contributed by atoms with Crippen LogP contribution in [0, 0.1) is 0 Å². The van der Waals surface area contributed by atoms with Crippen LogP contribution in [0.3, 0.4) is 0 Å². The number of aromatic hydroxyl groups is 1. The van der Waals surface area contributed by atoms with Crippen molar-refractivity contribution in [3.63, 3.8) is 0 Å². The number of allylic oxidation sites excluding steroid dienone is 1. The maximum absolute atomic E-state index is 11.9. The molecule has 0 saturated heterocycles. The normalized spacial score (nSPS) is 10.8. The van der Waals surface area contributed by atoms with Crippen LogP contribution in [0.1, 0.15) is 16.1 Å². The van der Waals surface area contributed by atoms with E-state index in [0.29, 0.717) is 0 Å². The zero-order chi connectivity index (χ0) is 13.8. The number of ketones is 1. The fourth-order valence-corrected chi connectivity index (χ4v) is 1.86. The van der Waals surface area contributed by atoms with E-state index in [1.165, 1.54) is 18.3 Å². The van der Waals surface area contributed by atoms with Gasteiger partial charge in [0.1, 0.15) is 5.75 Å². The van der Waals surface area contributed by atoms with Gasteiger partial charge in [-0.25, -0.2) is 4.98 Å². The number of rotatable bonds is 3. The molecule has 2 aromatic rings. The molecule has 2 rings (SSSR count). The minimum atomic E-state index is -0.378. The molecule has 0 amide bonds. The van der Waals surface area contributed by atoms with E-state index in [1.54, 1.807) is 6.08 Å². The summed E-state index contributed by atoms with van der Waals surface area (Å²) >= 11 is 8.99. The maximum atomic E-state index is 11.9. The van der Waals surface area contributed by atoms with Crippen LogP contribution < -0.4 is 0 Å². The van der Waals surface area contributed by atoms with E-state index < -0.39 is 0 Å². The molecule has 1 N–H and O–H groups in total. The minimum absolute atomic E-state index is 0.0160. The fourth-order valence-electron chi connectivity index (χ4n) is 1.44. The number of carbonyl (C=O) groups is 1. The molecule has 1 heterocycles. The highest BCUT2D eigenvalue weighted by atomic mass is 79.9. The van der Waals surface area contributed by atoms with Gasteiger partial charge < -0.3 is 5.11 Å². The molecular weight excluding hydrogens is 330 g/mol. The Morgan fingerprint density at radius 1 is 1.32 bits per heavy atom. The van der Waals surface area contributed by atoms with Gasteiger partial charge in [-0.15, -0.1) is 0 Å². The Bertz CT molecular complexity index is 638. The summed E-state index contributed by atoms with van der Waals surface area (Å²) in [5.74, 6) is -0.602. The quantitative estimate of drug-likeness (QED) is 0.677. The van der Waals surface area contributed by atoms with E-state index in [2.05, 4.69) is 20.9 Å². The monoisotopic (exact) mass is 337 g/mol. The molecule has 3 nitrogen and oxygen atoms in total. The molecule has 19 heavy (non-hydrogen) atoms. The van der Waals surface area contributed by atoms with Crippen molar-refractivity contribution < 1.29 is 9.90 Å². The van der Waals surface area contributed by atoms with E-state index in [1.807, 2.05) is 24.3 Å². The topological polar surface area (TPSA) is 50.2 Å². The smallest absolute Gasteiger partial charge is 0.207 e. The Balaban J connectivity index is 2.18. The van der Waals surface area contributed by atoms with Gasteiger partial charge in [0.05, 0.1) is 5.02 Å². The van der Waals surface area contributed by atoms with Gasteiger partial charge in [-0.1, -0.05) is 45.7 Å². The summed E-state index contributed by atoms with van der Waals surface area (Å²) in [6, 6.07) is 8.77. The number of nitrogens with zero attached hydrogens (tertiary/aromatic N) is 1. The molecule has 0 atom stereocenters. The van der Waals surface area contributed by atoms with Crippen molar-refractivity contribution >= 4 is 39.4 Å². The van der Waals surface area contributed by atoms with Gasteiger partial charge in [0.15, 0.2) is 5.69 Å². The summed E-state index contributed by atoms with van der Waals surface area (Å²) in [4.78, 5) is 15.7. The number of halogens is 2. The van der Waals surface area contributed by atoms with E-state index in [0.717, 1.165) is 10.0 Å². The van der Waals surface area contributed by atoms with Crippen molar-refractivity contribution in [2.75, 3.05) is 0 Å². The lowest BCUT2D eigenvalue weighted by Crippen LogP contribution is -1.98. The summed E-state index contributed by atoms with van der Waals surface area (Å²) in [5.41, 5.74) is 0.864. The van der Waals surface area contributed by atoms with Crippen molar-refractivity contribution in [1.82, 2.24) is 4.98 Å². The molecule has 0 aliphatic carbocycles. The third-order valence-corrected chi connectivity index (χ3v) is 3.10. The highest BCUT2D eigenvalue weighted by molar-refractivity contribution is 9.10. The van der Waals surface area contributed by atoms with Crippen LogP contribution in [0.5, 0.6) is 5.75 Å².